The Labute approximate surface area is 227 Å². The van der Waals surface area contributed by atoms with Crippen molar-refractivity contribution in [3.63, 3.8) is 0 Å². The van der Waals surface area contributed by atoms with Gasteiger partial charge in [-0.3, -0.25) is 19.4 Å². The molecule has 9 heteroatoms. The first-order chi connectivity index (χ1) is 19.0. The molecule has 7 rings (SSSR count). The number of nitrogens with zero attached hydrogens (tertiary/aromatic N) is 6. The summed E-state index contributed by atoms with van der Waals surface area (Å²) in [5.41, 5.74) is 4.41. The second-order valence-electron chi connectivity index (χ2n) is 11.5. The number of nitrogens with one attached hydrogen (secondary N) is 1. The average Bonchev–Trinajstić information content (AvgIpc) is 3.88. The van der Waals surface area contributed by atoms with Crippen molar-refractivity contribution in [3.05, 3.63) is 65.8 Å². The van der Waals surface area contributed by atoms with Crippen LogP contribution in [0.4, 0.5) is 4.39 Å². The van der Waals surface area contributed by atoms with Gasteiger partial charge < -0.3 is 9.88 Å². The van der Waals surface area contributed by atoms with Crippen LogP contribution in [-0.2, 0) is 17.8 Å². The molecule has 1 unspecified atom stereocenters. The van der Waals surface area contributed by atoms with E-state index in [0.717, 1.165) is 56.8 Å². The summed E-state index contributed by atoms with van der Waals surface area (Å²) in [6, 6.07) is 8.10. The minimum absolute atomic E-state index is 0.224. The van der Waals surface area contributed by atoms with Crippen molar-refractivity contribution < 1.29 is 9.18 Å². The number of imidazole rings is 1. The highest BCUT2D eigenvalue weighted by Crippen LogP contribution is 2.33. The Balaban J connectivity index is 1.04. The fourth-order valence-electron chi connectivity index (χ4n) is 5.72. The molecule has 0 spiro atoms. The Morgan fingerprint density at radius 1 is 1.13 bits per heavy atom. The van der Waals surface area contributed by atoms with Crippen LogP contribution in [0.1, 0.15) is 55.7 Å². The predicted octanol–water partition coefficient (Wildman–Crippen LogP) is 4.58. The topological polar surface area (TPSA) is 82.9 Å². The summed E-state index contributed by atoms with van der Waals surface area (Å²) in [6.07, 6.45) is 10.6. The molecule has 3 fully saturated rings. The van der Waals surface area contributed by atoms with Crippen molar-refractivity contribution >= 4 is 16.9 Å². The summed E-state index contributed by atoms with van der Waals surface area (Å²) in [5.74, 6) is 1.70. The van der Waals surface area contributed by atoms with Crippen LogP contribution in [0.15, 0.2) is 42.9 Å². The molecular weight excluding hydrogens is 493 g/mol. The Morgan fingerprint density at radius 2 is 1.95 bits per heavy atom. The van der Waals surface area contributed by atoms with Crippen molar-refractivity contribution in [1.82, 2.24) is 34.5 Å². The number of fused-ring (bicyclic) bond motifs is 1. The van der Waals surface area contributed by atoms with Gasteiger partial charge in [-0.25, -0.2) is 9.37 Å². The Kier molecular flexibility index (Phi) is 6.18. The van der Waals surface area contributed by atoms with Crippen molar-refractivity contribution in [2.45, 2.75) is 51.6 Å². The number of amides is 1. The number of H-pyrrole nitrogens is 1. The zero-order valence-electron chi connectivity index (χ0n) is 22.3. The third-order valence-electron chi connectivity index (χ3n) is 8.50. The van der Waals surface area contributed by atoms with Gasteiger partial charge in [0.1, 0.15) is 11.3 Å². The highest BCUT2D eigenvalue weighted by Gasteiger charge is 2.35. The largest absolute Gasteiger partial charge is 0.342 e. The van der Waals surface area contributed by atoms with Crippen LogP contribution in [-0.4, -0.2) is 66.6 Å². The van der Waals surface area contributed by atoms with Crippen LogP contribution in [0.25, 0.3) is 22.2 Å². The molecule has 2 saturated carbocycles. The molecule has 202 valence electrons. The summed E-state index contributed by atoms with van der Waals surface area (Å²) in [6.45, 7) is 6.46. The second-order valence-corrected chi connectivity index (χ2v) is 11.5. The first kappa shape index (κ1) is 24.5. The molecule has 0 bridgehead atoms. The van der Waals surface area contributed by atoms with Crippen LogP contribution < -0.4 is 0 Å². The van der Waals surface area contributed by atoms with E-state index in [9.17, 15) is 4.79 Å². The summed E-state index contributed by atoms with van der Waals surface area (Å²) in [4.78, 5) is 29.4. The van der Waals surface area contributed by atoms with Crippen LogP contribution in [0.3, 0.4) is 0 Å². The van der Waals surface area contributed by atoms with E-state index in [1.165, 1.54) is 18.4 Å². The van der Waals surface area contributed by atoms with Crippen molar-refractivity contribution in [2.24, 2.45) is 11.8 Å². The fourth-order valence-corrected chi connectivity index (χ4v) is 5.72. The smallest absolute Gasteiger partial charge is 0.225 e. The van der Waals surface area contributed by atoms with Gasteiger partial charge >= 0.3 is 0 Å². The molecule has 3 aromatic heterocycles. The van der Waals surface area contributed by atoms with Crippen molar-refractivity contribution in [1.29, 1.82) is 0 Å². The molecule has 1 saturated heterocycles. The highest BCUT2D eigenvalue weighted by molar-refractivity contribution is 5.83. The molecule has 4 heterocycles. The van der Waals surface area contributed by atoms with E-state index in [0.29, 0.717) is 40.7 Å². The normalized spacial score (nSPS) is 19.1. The van der Waals surface area contributed by atoms with E-state index < -0.39 is 0 Å². The number of halogens is 1. The third-order valence-corrected chi connectivity index (χ3v) is 8.50. The number of piperazine rings is 1. The quantitative estimate of drug-likeness (QED) is 0.363. The molecule has 1 aliphatic heterocycles. The van der Waals surface area contributed by atoms with Crippen LogP contribution in [0.2, 0.25) is 0 Å². The van der Waals surface area contributed by atoms with E-state index in [4.69, 9.17) is 0 Å². The minimum Gasteiger partial charge on any atom is -0.342 e. The molecule has 8 nitrogen and oxygen atoms in total. The molecule has 0 radical (unpaired) electrons. The number of carbonyl (C=O) groups is 1. The maximum absolute atomic E-state index is 15.5. The van der Waals surface area contributed by atoms with Gasteiger partial charge in [0.15, 0.2) is 5.82 Å². The first-order valence-corrected chi connectivity index (χ1v) is 14.2. The number of benzene rings is 1. The fraction of sp³-hybridized carbons (Fsp3) is 0.467. The maximum Gasteiger partial charge on any atom is 0.225 e. The standard InChI is InChI=1S/C30H34FN7O/c1-19(36-10-12-37(13-11-36)30(39)21-4-5-21)22-8-9-32-24(14-22)15-27-34-26-7-6-25(28(31)29(26)35-27)23-16-33-38(18-23)17-20-2-3-20/h6-9,14,16,18-21H,2-5,10-13,15,17H2,1H3,(H,34,35). The number of carbonyl (C=O) groups excluding carboxylic acids is 1. The predicted molar refractivity (Wildman–Crippen MR) is 146 cm³/mol. The lowest BCUT2D eigenvalue weighted by Gasteiger charge is -2.38. The molecule has 1 atom stereocenters. The minimum atomic E-state index is -0.324. The van der Waals surface area contributed by atoms with E-state index in [1.54, 1.807) is 12.3 Å². The Hall–Kier alpha value is -3.59. The third kappa shape index (κ3) is 5.07. The van der Waals surface area contributed by atoms with Gasteiger partial charge in [-0.1, -0.05) is 0 Å². The van der Waals surface area contributed by atoms with Crippen molar-refractivity contribution in [2.75, 3.05) is 26.2 Å². The molecule has 1 N–H and O–H groups in total. The maximum atomic E-state index is 15.5. The number of aromatic amines is 1. The van der Waals surface area contributed by atoms with Crippen LogP contribution in [0, 0.1) is 17.7 Å². The van der Waals surface area contributed by atoms with Crippen LogP contribution >= 0.6 is 0 Å². The monoisotopic (exact) mass is 527 g/mol. The average molecular weight is 528 g/mol. The van der Waals surface area contributed by atoms with E-state index in [-0.39, 0.29) is 17.8 Å². The van der Waals surface area contributed by atoms with Gasteiger partial charge in [0.25, 0.3) is 0 Å². The van der Waals surface area contributed by atoms with Gasteiger partial charge in [-0.05, 0) is 68.4 Å². The van der Waals surface area contributed by atoms with Crippen molar-refractivity contribution in [3.8, 4) is 11.1 Å². The molecule has 3 aliphatic rings. The number of aromatic nitrogens is 5. The summed E-state index contributed by atoms with van der Waals surface area (Å²) >= 11 is 0. The zero-order chi connectivity index (χ0) is 26.5. The van der Waals surface area contributed by atoms with E-state index in [2.05, 4.69) is 44.0 Å². The SMILES string of the molecule is CC(c1ccnc(Cc2nc3c(F)c(-c4cnn(CC5CC5)c4)ccc3[nH]2)c1)N1CCN(C(=O)C2CC2)CC1. The first-order valence-electron chi connectivity index (χ1n) is 14.2. The molecule has 39 heavy (non-hydrogen) atoms. The Morgan fingerprint density at radius 3 is 2.72 bits per heavy atom. The summed E-state index contributed by atoms with van der Waals surface area (Å²) in [5, 5.41) is 4.42. The van der Waals surface area contributed by atoms with Crippen LogP contribution in [0.5, 0.6) is 0 Å². The molecule has 2 aliphatic carbocycles. The van der Waals surface area contributed by atoms with Gasteiger partial charge in [0.05, 0.1) is 11.7 Å². The van der Waals surface area contributed by atoms with Gasteiger partial charge in [-0.15, -0.1) is 0 Å². The lowest BCUT2D eigenvalue weighted by Crippen LogP contribution is -2.49. The lowest BCUT2D eigenvalue weighted by molar-refractivity contribution is -0.134. The van der Waals surface area contributed by atoms with Gasteiger partial charge in [0, 0.05) is 80.3 Å². The molecule has 1 amide bonds. The number of hydrogen-bond acceptors (Lipinski definition) is 5. The summed E-state index contributed by atoms with van der Waals surface area (Å²) < 4.78 is 17.4. The number of hydrogen-bond donors (Lipinski definition) is 1. The number of rotatable bonds is 8. The van der Waals surface area contributed by atoms with Gasteiger partial charge in [0.2, 0.25) is 5.91 Å². The highest BCUT2D eigenvalue weighted by atomic mass is 19.1. The second kappa shape index (κ2) is 9.86. The van der Waals surface area contributed by atoms with E-state index >= 15 is 4.39 Å². The zero-order valence-corrected chi connectivity index (χ0v) is 22.3. The molecule has 4 aromatic rings. The lowest BCUT2D eigenvalue weighted by atomic mass is 10.1. The molecular formula is C30H34FN7O. The molecule has 1 aromatic carbocycles. The van der Waals surface area contributed by atoms with Gasteiger partial charge in [-0.2, -0.15) is 5.10 Å². The Bertz CT molecular complexity index is 1510. The number of pyridine rings is 1. The summed E-state index contributed by atoms with van der Waals surface area (Å²) in [7, 11) is 0. The van der Waals surface area contributed by atoms with E-state index in [1.807, 2.05) is 28.0 Å².